The summed E-state index contributed by atoms with van der Waals surface area (Å²) >= 11 is 3.25. The first-order valence-corrected chi connectivity index (χ1v) is 6.79. The molecule has 0 aliphatic heterocycles. The molecule has 0 aliphatic carbocycles. The lowest BCUT2D eigenvalue weighted by Gasteiger charge is -2.09. The van der Waals surface area contributed by atoms with E-state index in [0.717, 1.165) is 5.56 Å². The number of hydrogen-bond acceptors (Lipinski definition) is 4. The van der Waals surface area contributed by atoms with Gasteiger partial charge in [-0.15, -0.1) is 0 Å². The maximum absolute atomic E-state index is 12.2. The molecule has 0 fully saturated rings. The quantitative estimate of drug-likeness (QED) is 0.503. The smallest absolute Gasteiger partial charge is 0.271 e. The number of nitrogens with one attached hydrogen (secondary N) is 1. The van der Waals surface area contributed by atoms with E-state index in [4.69, 9.17) is 5.73 Å². The highest BCUT2D eigenvalue weighted by atomic mass is 79.9. The SMILES string of the molecule is Cc1ccc(N)c(C(=O)Nc2cc([N+](=O)[O-])ccc2Br)c1. The van der Waals surface area contributed by atoms with E-state index in [0.29, 0.717) is 21.4 Å². The lowest BCUT2D eigenvalue weighted by atomic mass is 10.1. The number of nitrogens with two attached hydrogens (primary N) is 1. The van der Waals surface area contributed by atoms with Crippen LogP contribution >= 0.6 is 15.9 Å². The van der Waals surface area contributed by atoms with Gasteiger partial charge < -0.3 is 11.1 Å². The van der Waals surface area contributed by atoms with Crippen molar-refractivity contribution in [3.8, 4) is 0 Å². The minimum atomic E-state index is -0.525. The molecule has 0 aromatic heterocycles. The van der Waals surface area contributed by atoms with Crippen LogP contribution in [0, 0.1) is 17.0 Å². The second-order valence-corrected chi connectivity index (χ2v) is 5.32. The van der Waals surface area contributed by atoms with Gasteiger partial charge in [0.25, 0.3) is 11.6 Å². The van der Waals surface area contributed by atoms with Crippen LogP contribution in [0.25, 0.3) is 0 Å². The Kier molecular flexibility index (Phi) is 4.23. The fourth-order valence-corrected chi connectivity index (χ4v) is 2.12. The summed E-state index contributed by atoms with van der Waals surface area (Å²) in [7, 11) is 0. The standard InChI is InChI=1S/C14H12BrN3O3/c1-8-2-5-12(16)10(6-8)14(19)17-13-7-9(18(20)21)3-4-11(13)15/h2-7H,16H2,1H3,(H,17,19). The number of nitrogen functional groups attached to an aromatic ring is 1. The average molecular weight is 350 g/mol. The van der Waals surface area contributed by atoms with Gasteiger partial charge >= 0.3 is 0 Å². The van der Waals surface area contributed by atoms with Crippen LogP contribution in [0.3, 0.4) is 0 Å². The summed E-state index contributed by atoms with van der Waals surface area (Å²) in [6, 6.07) is 9.25. The van der Waals surface area contributed by atoms with Crippen molar-refractivity contribution in [3.63, 3.8) is 0 Å². The predicted molar refractivity (Wildman–Crippen MR) is 84.3 cm³/mol. The molecule has 3 N–H and O–H groups in total. The van der Waals surface area contributed by atoms with Gasteiger partial charge in [-0.2, -0.15) is 0 Å². The van der Waals surface area contributed by atoms with Crippen molar-refractivity contribution in [1.29, 1.82) is 0 Å². The number of non-ortho nitro benzene ring substituents is 1. The minimum Gasteiger partial charge on any atom is -0.398 e. The van der Waals surface area contributed by atoms with Gasteiger partial charge in [0.1, 0.15) is 0 Å². The van der Waals surface area contributed by atoms with Gasteiger partial charge in [-0.1, -0.05) is 11.6 Å². The van der Waals surface area contributed by atoms with Crippen molar-refractivity contribution < 1.29 is 9.72 Å². The minimum absolute atomic E-state index is 0.106. The monoisotopic (exact) mass is 349 g/mol. The zero-order valence-electron chi connectivity index (χ0n) is 11.1. The van der Waals surface area contributed by atoms with Gasteiger partial charge in [-0.25, -0.2) is 0 Å². The number of benzene rings is 2. The molecule has 7 heteroatoms. The number of hydrogen-bond donors (Lipinski definition) is 2. The number of nitro groups is 1. The zero-order valence-corrected chi connectivity index (χ0v) is 12.7. The molecular formula is C14H12BrN3O3. The number of halogens is 1. The van der Waals surface area contributed by atoms with Crippen LogP contribution in [-0.2, 0) is 0 Å². The number of nitro benzene ring substituents is 1. The highest BCUT2D eigenvalue weighted by Crippen LogP contribution is 2.28. The summed E-state index contributed by atoms with van der Waals surface area (Å²) in [5.41, 5.74) is 7.56. The summed E-state index contributed by atoms with van der Waals surface area (Å²) in [6.07, 6.45) is 0. The number of rotatable bonds is 3. The number of anilines is 2. The van der Waals surface area contributed by atoms with E-state index in [9.17, 15) is 14.9 Å². The lowest BCUT2D eigenvalue weighted by Crippen LogP contribution is -2.14. The van der Waals surface area contributed by atoms with Crippen molar-refractivity contribution in [1.82, 2.24) is 0 Å². The van der Waals surface area contributed by atoms with E-state index in [1.165, 1.54) is 18.2 Å². The molecule has 0 radical (unpaired) electrons. The number of nitrogens with zero attached hydrogens (tertiary/aromatic N) is 1. The van der Waals surface area contributed by atoms with Gasteiger partial charge in [-0.05, 0) is 41.1 Å². The molecule has 1 amide bonds. The third-order valence-corrected chi connectivity index (χ3v) is 3.55. The highest BCUT2D eigenvalue weighted by Gasteiger charge is 2.14. The van der Waals surface area contributed by atoms with E-state index < -0.39 is 10.8 Å². The van der Waals surface area contributed by atoms with E-state index in [1.54, 1.807) is 18.2 Å². The summed E-state index contributed by atoms with van der Waals surface area (Å²) in [5.74, 6) is -0.419. The number of carbonyl (C=O) groups excluding carboxylic acids is 1. The Morgan fingerprint density at radius 1 is 1.29 bits per heavy atom. The Bertz CT molecular complexity index is 731. The molecule has 2 aromatic rings. The molecule has 0 saturated carbocycles. The van der Waals surface area contributed by atoms with Gasteiger partial charge in [0, 0.05) is 22.3 Å². The Hall–Kier alpha value is -2.41. The van der Waals surface area contributed by atoms with Gasteiger partial charge in [0.15, 0.2) is 0 Å². The van der Waals surface area contributed by atoms with Gasteiger partial charge in [0.2, 0.25) is 0 Å². The van der Waals surface area contributed by atoms with Crippen molar-refractivity contribution in [3.05, 3.63) is 62.1 Å². The maximum Gasteiger partial charge on any atom is 0.271 e. The number of carbonyl (C=O) groups is 1. The van der Waals surface area contributed by atoms with Crippen LogP contribution in [-0.4, -0.2) is 10.8 Å². The molecule has 6 nitrogen and oxygen atoms in total. The lowest BCUT2D eigenvalue weighted by molar-refractivity contribution is -0.384. The molecule has 2 rings (SSSR count). The molecule has 0 heterocycles. The fraction of sp³-hybridized carbons (Fsp3) is 0.0714. The van der Waals surface area contributed by atoms with Crippen LogP contribution in [0.5, 0.6) is 0 Å². The van der Waals surface area contributed by atoms with Crippen LogP contribution in [0.15, 0.2) is 40.9 Å². The third kappa shape index (κ3) is 3.38. The molecule has 0 saturated heterocycles. The molecule has 21 heavy (non-hydrogen) atoms. The summed E-state index contributed by atoms with van der Waals surface area (Å²) in [4.78, 5) is 22.5. The largest absolute Gasteiger partial charge is 0.398 e. The number of aryl methyl sites for hydroxylation is 1. The first kappa shape index (κ1) is 15.0. The van der Waals surface area contributed by atoms with Gasteiger partial charge in [-0.3, -0.25) is 14.9 Å². The second-order valence-electron chi connectivity index (χ2n) is 4.47. The molecule has 0 atom stereocenters. The van der Waals surface area contributed by atoms with Crippen LogP contribution in [0.2, 0.25) is 0 Å². The van der Waals surface area contributed by atoms with Crippen molar-refractivity contribution in [2.24, 2.45) is 0 Å². The van der Waals surface area contributed by atoms with Crippen LogP contribution < -0.4 is 11.1 Å². The summed E-state index contributed by atoms with van der Waals surface area (Å²) in [5, 5.41) is 13.4. The van der Waals surface area contributed by atoms with Crippen molar-refractivity contribution >= 4 is 38.9 Å². The molecule has 0 bridgehead atoms. The third-order valence-electron chi connectivity index (χ3n) is 2.86. The van der Waals surface area contributed by atoms with E-state index in [1.807, 2.05) is 6.92 Å². The Labute approximate surface area is 129 Å². The molecule has 108 valence electrons. The first-order valence-electron chi connectivity index (χ1n) is 6.00. The summed E-state index contributed by atoms with van der Waals surface area (Å²) < 4.78 is 0.549. The Morgan fingerprint density at radius 2 is 2.00 bits per heavy atom. The highest BCUT2D eigenvalue weighted by molar-refractivity contribution is 9.10. The second kappa shape index (κ2) is 5.92. The number of amides is 1. The first-order chi connectivity index (χ1) is 9.88. The zero-order chi connectivity index (χ0) is 15.6. The molecule has 0 spiro atoms. The average Bonchev–Trinajstić information content (AvgIpc) is 2.43. The Morgan fingerprint density at radius 3 is 2.67 bits per heavy atom. The van der Waals surface area contributed by atoms with Crippen molar-refractivity contribution in [2.45, 2.75) is 6.92 Å². The van der Waals surface area contributed by atoms with E-state index >= 15 is 0 Å². The van der Waals surface area contributed by atoms with E-state index in [-0.39, 0.29) is 5.69 Å². The molecule has 0 unspecified atom stereocenters. The van der Waals surface area contributed by atoms with Gasteiger partial charge in [0.05, 0.1) is 16.2 Å². The topological polar surface area (TPSA) is 98.3 Å². The molecule has 0 aliphatic rings. The summed E-state index contributed by atoms with van der Waals surface area (Å²) in [6.45, 7) is 1.85. The Balaban J connectivity index is 2.33. The van der Waals surface area contributed by atoms with E-state index in [2.05, 4.69) is 21.2 Å². The normalized spacial score (nSPS) is 10.2. The fourth-order valence-electron chi connectivity index (χ4n) is 1.78. The van der Waals surface area contributed by atoms with Crippen molar-refractivity contribution in [2.75, 3.05) is 11.1 Å². The van der Waals surface area contributed by atoms with Crippen LogP contribution in [0.1, 0.15) is 15.9 Å². The predicted octanol–water partition coefficient (Wildman–Crippen LogP) is 3.50. The molecular weight excluding hydrogens is 338 g/mol. The maximum atomic E-state index is 12.2. The van der Waals surface area contributed by atoms with Crippen LogP contribution in [0.4, 0.5) is 17.1 Å². The molecule has 2 aromatic carbocycles.